The highest BCUT2D eigenvalue weighted by molar-refractivity contribution is 6.35. The van der Waals surface area contributed by atoms with Crippen molar-refractivity contribution in [1.29, 1.82) is 0 Å². The van der Waals surface area contributed by atoms with Gasteiger partial charge in [0.15, 0.2) is 0 Å². The lowest BCUT2D eigenvalue weighted by Gasteiger charge is -2.33. The van der Waals surface area contributed by atoms with Crippen LogP contribution in [0.3, 0.4) is 0 Å². The Hall–Kier alpha value is -0.810. The molecule has 2 rings (SSSR count). The summed E-state index contributed by atoms with van der Waals surface area (Å²) in [7, 11) is 1.97. The van der Waals surface area contributed by atoms with Crippen molar-refractivity contribution in [2.45, 2.75) is 37.8 Å². The fraction of sp³-hybridized carbons (Fsp3) is 0.533. The molecule has 1 amide bonds. The van der Waals surface area contributed by atoms with Gasteiger partial charge in [-0.1, -0.05) is 23.2 Å². The Balaban J connectivity index is 1.88. The number of nitrogens with two attached hydrogens (primary N) is 1. The smallest absolute Gasteiger partial charge is 0.238 e. The number of halogens is 2. The van der Waals surface area contributed by atoms with Crippen LogP contribution in [0.25, 0.3) is 0 Å². The second kappa shape index (κ2) is 7.45. The zero-order chi connectivity index (χ0) is 15.4. The van der Waals surface area contributed by atoms with Crippen molar-refractivity contribution < 1.29 is 4.79 Å². The predicted molar refractivity (Wildman–Crippen MR) is 88.0 cm³/mol. The minimum atomic E-state index is -0.0865. The molecule has 0 spiro atoms. The number of likely N-dealkylation sites (N-methyl/N-ethyl adjacent to an activating group) is 1. The molecule has 1 aliphatic carbocycles. The molecule has 0 heterocycles. The summed E-state index contributed by atoms with van der Waals surface area (Å²) in [6.07, 6.45) is 4.14. The number of hydrogen-bond acceptors (Lipinski definition) is 3. The van der Waals surface area contributed by atoms with E-state index in [1.54, 1.807) is 18.2 Å². The molecule has 0 unspecified atom stereocenters. The van der Waals surface area contributed by atoms with Gasteiger partial charge >= 0.3 is 0 Å². The maximum atomic E-state index is 12.1. The van der Waals surface area contributed by atoms with Gasteiger partial charge in [-0.05, 0) is 50.9 Å². The molecule has 6 heteroatoms. The third kappa shape index (κ3) is 4.85. The molecule has 3 N–H and O–H groups in total. The second-order valence-electron chi connectivity index (χ2n) is 5.66. The van der Waals surface area contributed by atoms with Gasteiger partial charge in [-0.3, -0.25) is 9.69 Å². The maximum Gasteiger partial charge on any atom is 0.238 e. The van der Waals surface area contributed by atoms with Gasteiger partial charge in [0.05, 0.1) is 17.3 Å². The summed E-state index contributed by atoms with van der Waals surface area (Å²) in [6, 6.07) is 5.75. The van der Waals surface area contributed by atoms with E-state index in [2.05, 4.69) is 10.2 Å². The Labute approximate surface area is 135 Å². The summed E-state index contributed by atoms with van der Waals surface area (Å²) >= 11 is 11.9. The molecule has 0 radical (unpaired) electrons. The molecule has 0 bridgehead atoms. The van der Waals surface area contributed by atoms with Gasteiger partial charge in [0.1, 0.15) is 0 Å². The average molecular weight is 330 g/mol. The van der Waals surface area contributed by atoms with Crippen molar-refractivity contribution in [2.24, 2.45) is 5.73 Å². The Morgan fingerprint density at radius 2 is 2.00 bits per heavy atom. The largest absolute Gasteiger partial charge is 0.328 e. The third-order valence-corrected chi connectivity index (χ3v) is 4.52. The average Bonchev–Trinajstić information content (AvgIpc) is 2.43. The van der Waals surface area contributed by atoms with Crippen LogP contribution in [0.4, 0.5) is 5.69 Å². The van der Waals surface area contributed by atoms with Crippen LogP contribution in [0.1, 0.15) is 25.7 Å². The normalized spacial score (nSPS) is 22.3. The first-order valence-corrected chi connectivity index (χ1v) is 7.92. The molecule has 21 heavy (non-hydrogen) atoms. The molecule has 0 aliphatic heterocycles. The molecule has 1 aromatic carbocycles. The van der Waals surface area contributed by atoms with Gasteiger partial charge in [-0.25, -0.2) is 0 Å². The van der Waals surface area contributed by atoms with Crippen molar-refractivity contribution in [3.05, 3.63) is 28.2 Å². The number of anilines is 1. The summed E-state index contributed by atoms with van der Waals surface area (Å²) in [6.45, 7) is 0.336. The summed E-state index contributed by atoms with van der Waals surface area (Å²) in [5.41, 5.74) is 6.46. The number of benzene rings is 1. The van der Waals surface area contributed by atoms with Gasteiger partial charge in [0, 0.05) is 17.1 Å². The highest BCUT2D eigenvalue weighted by Crippen LogP contribution is 2.25. The van der Waals surface area contributed by atoms with Crippen LogP contribution in [0.5, 0.6) is 0 Å². The highest BCUT2D eigenvalue weighted by Gasteiger charge is 2.23. The Morgan fingerprint density at radius 1 is 1.33 bits per heavy atom. The standard InChI is InChI=1S/C15H21Cl2N3O/c1-20(12-5-3-11(18)4-6-12)9-15(21)19-14-8-10(16)2-7-13(14)17/h2,7-8,11-12H,3-6,9,18H2,1H3,(H,19,21). The summed E-state index contributed by atoms with van der Waals surface area (Å²) < 4.78 is 0. The van der Waals surface area contributed by atoms with Crippen LogP contribution in [0, 0.1) is 0 Å². The van der Waals surface area contributed by atoms with Crippen LogP contribution in [-0.2, 0) is 4.79 Å². The monoisotopic (exact) mass is 329 g/mol. The lowest BCUT2D eigenvalue weighted by Crippen LogP contribution is -2.42. The van der Waals surface area contributed by atoms with Crippen LogP contribution < -0.4 is 11.1 Å². The van der Waals surface area contributed by atoms with Gasteiger partial charge in [0.2, 0.25) is 5.91 Å². The quantitative estimate of drug-likeness (QED) is 0.892. The second-order valence-corrected chi connectivity index (χ2v) is 6.50. The van der Waals surface area contributed by atoms with Crippen LogP contribution in [0.2, 0.25) is 10.0 Å². The van der Waals surface area contributed by atoms with Crippen LogP contribution in [-0.4, -0.2) is 36.5 Å². The number of nitrogens with zero attached hydrogens (tertiary/aromatic N) is 1. The van der Waals surface area contributed by atoms with E-state index in [9.17, 15) is 4.79 Å². The van der Waals surface area contributed by atoms with Gasteiger partial charge in [-0.15, -0.1) is 0 Å². The molecule has 0 saturated heterocycles. The molecule has 0 atom stereocenters. The molecule has 1 fully saturated rings. The number of carbonyl (C=O) groups is 1. The van der Waals surface area contributed by atoms with Gasteiger partial charge < -0.3 is 11.1 Å². The first-order chi connectivity index (χ1) is 9.95. The van der Waals surface area contributed by atoms with Gasteiger partial charge in [0.25, 0.3) is 0 Å². The lowest BCUT2D eigenvalue weighted by molar-refractivity contribution is -0.117. The predicted octanol–water partition coefficient (Wildman–Crippen LogP) is 3.13. The fourth-order valence-corrected chi connectivity index (χ4v) is 3.02. The fourth-order valence-electron chi connectivity index (χ4n) is 2.68. The number of amides is 1. The number of rotatable bonds is 4. The maximum absolute atomic E-state index is 12.1. The van der Waals surface area contributed by atoms with E-state index in [-0.39, 0.29) is 5.91 Å². The SMILES string of the molecule is CN(CC(=O)Nc1cc(Cl)ccc1Cl)C1CCC(N)CC1. The van der Waals surface area contributed by atoms with Crippen molar-refractivity contribution in [2.75, 3.05) is 18.9 Å². The summed E-state index contributed by atoms with van der Waals surface area (Å²) in [5.74, 6) is -0.0865. The van der Waals surface area contributed by atoms with E-state index in [4.69, 9.17) is 28.9 Å². The zero-order valence-electron chi connectivity index (χ0n) is 12.1. The molecular weight excluding hydrogens is 309 g/mol. The zero-order valence-corrected chi connectivity index (χ0v) is 13.6. The number of nitrogens with one attached hydrogen (secondary N) is 1. The first-order valence-electron chi connectivity index (χ1n) is 7.16. The number of carbonyl (C=O) groups excluding carboxylic acids is 1. The first kappa shape index (κ1) is 16.6. The highest BCUT2D eigenvalue weighted by atomic mass is 35.5. The minimum absolute atomic E-state index is 0.0865. The van der Waals surface area contributed by atoms with Gasteiger partial charge in [-0.2, -0.15) is 0 Å². The van der Waals surface area contributed by atoms with Crippen molar-refractivity contribution in [3.8, 4) is 0 Å². The molecule has 1 saturated carbocycles. The molecule has 1 aliphatic rings. The third-order valence-electron chi connectivity index (χ3n) is 3.96. The van der Waals surface area contributed by atoms with E-state index in [1.165, 1.54) is 0 Å². The van der Waals surface area contributed by atoms with Crippen molar-refractivity contribution in [3.63, 3.8) is 0 Å². The van der Waals surface area contributed by atoms with E-state index in [0.29, 0.717) is 34.4 Å². The molecule has 4 nitrogen and oxygen atoms in total. The molecular formula is C15H21Cl2N3O. The van der Waals surface area contributed by atoms with E-state index >= 15 is 0 Å². The topological polar surface area (TPSA) is 58.4 Å². The molecule has 116 valence electrons. The lowest BCUT2D eigenvalue weighted by atomic mass is 9.91. The van der Waals surface area contributed by atoms with E-state index in [0.717, 1.165) is 25.7 Å². The Bertz CT molecular complexity index is 502. The number of hydrogen-bond donors (Lipinski definition) is 2. The van der Waals surface area contributed by atoms with E-state index < -0.39 is 0 Å². The van der Waals surface area contributed by atoms with Crippen LogP contribution in [0.15, 0.2) is 18.2 Å². The molecule has 0 aromatic heterocycles. The Morgan fingerprint density at radius 3 is 2.67 bits per heavy atom. The van der Waals surface area contributed by atoms with Crippen LogP contribution >= 0.6 is 23.2 Å². The summed E-state index contributed by atoms with van der Waals surface area (Å²) in [5, 5.41) is 3.84. The molecule has 1 aromatic rings. The Kier molecular flexibility index (Phi) is 5.88. The van der Waals surface area contributed by atoms with Crippen molar-refractivity contribution >= 4 is 34.8 Å². The van der Waals surface area contributed by atoms with E-state index in [1.807, 2.05) is 7.05 Å². The minimum Gasteiger partial charge on any atom is -0.328 e. The van der Waals surface area contributed by atoms with Crippen molar-refractivity contribution in [1.82, 2.24) is 4.90 Å². The summed E-state index contributed by atoms with van der Waals surface area (Å²) in [4.78, 5) is 14.2.